The molecular weight excluding hydrogens is 240 g/mol. The Kier molecular flexibility index (Phi) is 4.93. The smallest absolute Gasteiger partial charge is 0.243 e. The van der Waals surface area contributed by atoms with E-state index < -0.39 is 0 Å². The summed E-state index contributed by atoms with van der Waals surface area (Å²) in [5, 5.41) is 3.88. The van der Waals surface area contributed by atoms with Crippen molar-refractivity contribution < 1.29 is 4.52 Å². The highest BCUT2D eigenvalue weighted by molar-refractivity contribution is 4.91. The van der Waals surface area contributed by atoms with Gasteiger partial charge in [-0.25, -0.2) is 0 Å². The second kappa shape index (κ2) is 6.48. The van der Waals surface area contributed by atoms with Crippen LogP contribution in [0.25, 0.3) is 0 Å². The summed E-state index contributed by atoms with van der Waals surface area (Å²) < 4.78 is 5.28. The molecule has 0 aliphatic carbocycles. The van der Waals surface area contributed by atoms with E-state index in [2.05, 4.69) is 41.0 Å². The summed E-state index contributed by atoms with van der Waals surface area (Å²) in [6, 6.07) is 0.246. The fourth-order valence-corrected chi connectivity index (χ4v) is 2.71. The van der Waals surface area contributed by atoms with Crippen molar-refractivity contribution in [2.45, 2.75) is 39.2 Å². The van der Waals surface area contributed by atoms with E-state index in [9.17, 15) is 0 Å². The number of nitrogens with zero attached hydrogens (tertiary/aromatic N) is 4. The van der Waals surface area contributed by atoms with Crippen molar-refractivity contribution in [3.63, 3.8) is 0 Å². The summed E-state index contributed by atoms with van der Waals surface area (Å²) in [6.07, 6.45) is 3.88. The van der Waals surface area contributed by atoms with E-state index in [1.807, 2.05) is 6.92 Å². The molecule has 0 amide bonds. The molecule has 1 aliphatic heterocycles. The van der Waals surface area contributed by atoms with Gasteiger partial charge in [0.15, 0.2) is 5.82 Å². The number of likely N-dealkylation sites (tertiary alicyclic amines) is 1. The number of rotatable bonds is 5. The molecule has 1 aliphatic rings. The molecule has 0 N–H and O–H groups in total. The van der Waals surface area contributed by atoms with E-state index in [1.165, 1.54) is 25.8 Å². The van der Waals surface area contributed by atoms with Gasteiger partial charge in [0.1, 0.15) is 0 Å². The van der Waals surface area contributed by atoms with Crippen molar-refractivity contribution in [2.75, 3.05) is 33.7 Å². The fourth-order valence-electron chi connectivity index (χ4n) is 2.71. The van der Waals surface area contributed by atoms with Crippen molar-refractivity contribution in [1.29, 1.82) is 0 Å². The van der Waals surface area contributed by atoms with Gasteiger partial charge in [-0.2, -0.15) is 4.98 Å². The SMILES string of the molecule is Cc1noc(C(C)N2CCC(CCN(C)C)CC2)n1. The number of hydrogen-bond donors (Lipinski definition) is 0. The van der Waals surface area contributed by atoms with Crippen LogP contribution in [0.1, 0.15) is 43.9 Å². The average Bonchev–Trinajstić information content (AvgIpc) is 2.83. The van der Waals surface area contributed by atoms with E-state index >= 15 is 0 Å². The predicted molar refractivity (Wildman–Crippen MR) is 74.9 cm³/mol. The summed E-state index contributed by atoms with van der Waals surface area (Å²) in [6.45, 7) is 7.50. The Hall–Kier alpha value is -0.940. The monoisotopic (exact) mass is 266 g/mol. The molecule has 1 saturated heterocycles. The third kappa shape index (κ3) is 4.01. The Labute approximate surface area is 116 Å². The van der Waals surface area contributed by atoms with Crippen LogP contribution >= 0.6 is 0 Å². The van der Waals surface area contributed by atoms with Gasteiger partial charge in [0.05, 0.1) is 6.04 Å². The molecule has 5 heteroatoms. The number of piperidine rings is 1. The molecule has 0 spiro atoms. The lowest BCUT2D eigenvalue weighted by molar-refractivity contribution is 0.114. The van der Waals surface area contributed by atoms with Crippen LogP contribution in [0.5, 0.6) is 0 Å². The average molecular weight is 266 g/mol. The van der Waals surface area contributed by atoms with Crippen molar-refractivity contribution in [2.24, 2.45) is 5.92 Å². The van der Waals surface area contributed by atoms with Gasteiger partial charge in [0.2, 0.25) is 5.89 Å². The van der Waals surface area contributed by atoms with Gasteiger partial charge in [-0.15, -0.1) is 0 Å². The first-order chi connectivity index (χ1) is 9.06. The quantitative estimate of drug-likeness (QED) is 0.816. The lowest BCUT2D eigenvalue weighted by Gasteiger charge is -2.34. The highest BCUT2D eigenvalue weighted by Gasteiger charge is 2.26. The van der Waals surface area contributed by atoms with Gasteiger partial charge in [-0.05, 0) is 72.8 Å². The molecule has 1 aromatic rings. The zero-order valence-corrected chi connectivity index (χ0v) is 12.6. The third-order valence-corrected chi connectivity index (χ3v) is 4.08. The van der Waals surface area contributed by atoms with Gasteiger partial charge in [-0.1, -0.05) is 5.16 Å². The largest absolute Gasteiger partial charge is 0.338 e. The summed E-state index contributed by atoms with van der Waals surface area (Å²) in [5.74, 6) is 2.35. The van der Waals surface area contributed by atoms with Crippen LogP contribution in [0, 0.1) is 12.8 Å². The van der Waals surface area contributed by atoms with E-state index in [0.717, 1.165) is 30.7 Å². The Bertz CT molecular complexity index is 383. The maximum Gasteiger partial charge on any atom is 0.243 e. The summed E-state index contributed by atoms with van der Waals surface area (Å²) in [7, 11) is 4.30. The Morgan fingerprint density at radius 2 is 2.05 bits per heavy atom. The number of hydrogen-bond acceptors (Lipinski definition) is 5. The molecule has 2 rings (SSSR count). The minimum Gasteiger partial charge on any atom is -0.338 e. The standard InChI is InChI=1S/C14H26N4O/c1-11(14-15-12(2)16-19-14)18-9-6-13(7-10-18)5-8-17(3)4/h11,13H,5-10H2,1-4H3. The van der Waals surface area contributed by atoms with Crippen molar-refractivity contribution in [1.82, 2.24) is 19.9 Å². The molecule has 1 aromatic heterocycles. The molecular formula is C14H26N4O. The van der Waals surface area contributed by atoms with Crippen molar-refractivity contribution in [3.8, 4) is 0 Å². The lowest BCUT2D eigenvalue weighted by Crippen LogP contribution is -2.36. The van der Waals surface area contributed by atoms with Crippen LogP contribution in [-0.2, 0) is 0 Å². The minimum absolute atomic E-state index is 0.246. The number of aromatic nitrogens is 2. The van der Waals surface area contributed by atoms with E-state index in [-0.39, 0.29) is 6.04 Å². The molecule has 0 aromatic carbocycles. The minimum atomic E-state index is 0.246. The summed E-state index contributed by atoms with van der Waals surface area (Å²) in [5.41, 5.74) is 0. The van der Waals surface area contributed by atoms with Gasteiger partial charge in [0.25, 0.3) is 0 Å². The molecule has 0 bridgehead atoms. The highest BCUT2D eigenvalue weighted by atomic mass is 16.5. The van der Waals surface area contributed by atoms with Crippen LogP contribution in [0.4, 0.5) is 0 Å². The molecule has 2 heterocycles. The zero-order chi connectivity index (χ0) is 13.8. The Morgan fingerprint density at radius 3 is 2.58 bits per heavy atom. The van der Waals surface area contributed by atoms with Gasteiger partial charge in [-0.3, -0.25) is 4.90 Å². The second-order valence-electron chi connectivity index (χ2n) is 5.93. The van der Waals surface area contributed by atoms with Gasteiger partial charge in [0, 0.05) is 0 Å². The third-order valence-electron chi connectivity index (χ3n) is 4.08. The fraction of sp³-hybridized carbons (Fsp3) is 0.857. The first kappa shape index (κ1) is 14.5. The van der Waals surface area contributed by atoms with Gasteiger partial charge >= 0.3 is 0 Å². The molecule has 5 nitrogen and oxygen atoms in total. The summed E-state index contributed by atoms with van der Waals surface area (Å²) in [4.78, 5) is 9.07. The van der Waals surface area contributed by atoms with Crippen LogP contribution in [0.3, 0.4) is 0 Å². The van der Waals surface area contributed by atoms with Crippen molar-refractivity contribution >= 4 is 0 Å². The second-order valence-corrected chi connectivity index (χ2v) is 5.93. The molecule has 0 radical (unpaired) electrons. The Morgan fingerprint density at radius 1 is 1.37 bits per heavy atom. The molecule has 19 heavy (non-hydrogen) atoms. The highest BCUT2D eigenvalue weighted by Crippen LogP contribution is 2.27. The van der Waals surface area contributed by atoms with Crippen LogP contribution in [0.15, 0.2) is 4.52 Å². The maximum absolute atomic E-state index is 5.28. The molecule has 108 valence electrons. The van der Waals surface area contributed by atoms with E-state index in [1.54, 1.807) is 0 Å². The van der Waals surface area contributed by atoms with Crippen LogP contribution in [-0.4, -0.2) is 53.7 Å². The molecule has 1 fully saturated rings. The first-order valence-electron chi connectivity index (χ1n) is 7.25. The zero-order valence-electron chi connectivity index (χ0n) is 12.6. The molecule has 0 saturated carbocycles. The predicted octanol–water partition coefficient (Wildman–Crippen LogP) is 2.10. The summed E-state index contributed by atoms with van der Waals surface area (Å²) >= 11 is 0. The normalized spacial score (nSPS) is 20.1. The van der Waals surface area contributed by atoms with Crippen LogP contribution < -0.4 is 0 Å². The van der Waals surface area contributed by atoms with E-state index in [0.29, 0.717) is 0 Å². The van der Waals surface area contributed by atoms with Crippen molar-refractivity contribution in [3.05, 3.63) is 11.7 Å². The molecule has 1 unspecified atom stereocenters. The topological polar surface area (TPSA) is 45.4 Å². The maximum atomic E-state index is 5.28. The first-order valence-corrected chi connectivity index (χ1v) is 7.25. The number of aryl methyl sites for hydroxylation is 1. The van der Waals surface area contributed by atoms with E-state index in [4.69, 9.17) is 4.52 Å². The lowest BCUT2D eigenvalue weighted by atomic mass is 9.92. The van der Waals surface area contributed by atoms with Crippen LogP contribution in [0.2, 0.25) is 0 Å². The molecule has 1 atom stereocenters. The van der Waals surface area contributed by atoms with Gasteiger partial charge < -0.3 is 9.42 Å². The Balaban J connectivity index is 1.79.